The van der Waals surface area contributed by atoms with Crippen molar-refractivity contribution in [3.8, 4) is 0 Å². The fourth-order valence-electron chi connectivity index (χ4n) is 8.45. The fourth-order valence-corrected chi connectivity index (χ4v) is 12.1. The highest BCUT2D eigenvalue weighted by Gasteiger charge is 2.39. The van der Waals surface area contributed by atoms with E-state index in [2.05, 4.69) is 88.7 Å². The number of rotatable bonds is 25. The molecule has 0 bridgehead atoms. The maximum absolute atomic E-state index is 14.2. The van der Waals surface area contributed by atoms with E-state index in [4.69, 9.17) is 4.18 Å². The van der Waals surface area contributed by atoms with Crippen LogP contribution in [0.1, 0.15) is 64.6 Å². The van der Waals surface area contributed by atoms with Crippen molar-refractivity contribution < 1.29 is 27.0 Å². The molecule has 0 aromatic heterocycles. The van der Waals surface area contributed by atoms with Crippen LogP contribution in [0.3, 0.4) is 0 Å². The summed E-state index contributed by atoms with van der Waals surface area (Å²) in [7, 11) is -3.85. The highest BCUT2D eigenvalue weighted by atomic mass is 32.2. The first-order chi connectivity index (χ1) is 34.1. The summed E-state index contributed by atoms with van der Waals surface area (Å²) < 4.78 is 29.0. The predicted molar refractivity (Wildman–Crippen MR) is 284 cm³/mol. The van der Waals surface area contributed by atoms with Crippen LogP contribution in [0.2, 0.25) is 0 Å². The lowest BCUT2D eigenvalue weighted by molar-refractivity contribution is -0.128. The van der Waals surface area contributed by atoms with Crippen LogP contribution in [0.5, 0.6) is 0 Å². The largest absolute Gasteiger partial charge is 0.354 e. The van der Waals surface area contributed by atoms with E-state index in [1.54, 1.807) is 12.1 Å². The monoisotopic (exact) mass is 989 g/mol. The first kappa shape index (κ1) is 51.4. The first-order valence-corrected chi connectivity index (χ1v) is 26.9. The minimum absolute atomic E-state index is 0.00170. The average molecular weight is 990 g/mol. The molecule has 0 fully saturated rings. The Morgan fingerprint density at radius 2 is 0.857 bits per heavy atom. The number of carbonyl (C=O) groups excluding carboxylic acids is 3. The zero-order valence-electron chi connectivity index (χ0n) is 39.2. The topological polar surface area (TPSA) is 131 Å². The van der Waals surface area contributed by atoms with Crippen LogP contribution in [-0.4, -0.2) is 63.4 Å². The Labute approximate surface area is 421 Å². The van der Waals surface area contributed by atoms with Gasteiger partial charge in [0, 0.05) is 13.1 Å². The van der Waals surface area contributed by atoms with Gasteiger partial charge in [0.05, 0.1) is 32.5 Å². The highest BCUT2D eigenvalue weighted by molar-refractivity contribution is 8.01. The van der Waals surface area contributed by atoms with Crippen LogP contribution in [0.25, 0.3) is 0 Å². The molecular weight excluding hydrogens is 931 g/mol. The van der Waals surface area contributed by atoms with Gasteiger partial charge in [-0.3, -0.25) is 18.6 Å². The summed E-state index contributed by atoms with van der Waals surface area (Å²) in [6.45, 7) is 2.12. The molecule has 0 spiro atoms. The Balaban J connectivity index is 1.04. The Morgan fingerprint density at radius 1 is 0.486 bits per heavy atom. The lowest BCUT2D eigenvalue weighted by Crippen LogP contribution is -2.53. The molecule has 7 rings (SSSR count). The molecule has 7 aromatic rings. The lowest BCUT2D eigenvalue weighted by Gasteiger charge is -2.35. The van der Waals surface area contributed by atoms with Gasteiger partial charge in [-0.05, 0) is 65.3 Å². The predicted octanol–water partition coefficient (Wildman–Crippen LogP) is 10.4. The molecule has 7 aromatic carbocycles. The molecule has 9 nitrogen and oxygen atoms in total. The van der Waals surface area contributed by atoms with Crippen LogP contribution in [0.4, 0.5) is 0 Å². The zero-order valence-corrected chi connectivity index (χ0v) is 41.7. The highest BCUT2D eigenvalue weighted by Crippen LogP contribution is 2.49. The van der Waals surface area contributed by atoms with Gasteiger partial charge in [0.25, 0.3) is 10.1 Å². The number of carbonyl (C=O) groups is 3. The number of nitrogens with one attached hydrogen (secondary N) is 3. The van der Waals surface area contributed by atoms with Crippen LogP contribution < -0.4 is 16.0 Å². The Morgan fingerprint density at radius 3 is 1.26 bits per heavy atom. The number of thioether (sulfide) groups is 2. The van der Waals surface area contributed by atoms with Crippen molar-refractivity contribution in [1.82, 2.24) is 16.0 Å². The van der Waals surface area contributed by atoms with E-state index in [9.17, 15) is 22.8 Å². The van der Waals surface area contributed by atoms with Crippen molar-refractivity contribution >= 4 is 51.4 Å². The van der Waals surface area contributed by atoms with Crippen molar-refractivity contribution in [3.63, 3.8) is 0 Å². The minimum Gasteiger partial charge on any atom is -0.354 e. The fraction of sp³-hybridized carbons (Fsp3) is 0.224. The standard InChI is InChI=1S/C58H59N3O6S3/c1-45-36-38-52(39-37-45)70(65,66)67-41-23-3-2-22-40-59-56(64)53(61-55(63)44-69-58(49-30-16-7-17-31-49,50-32-18-8-19-33-50)51-34-20-9-21-35-51)42-60-54(62)43-68-57(46-24-10-4-11-25-46,47-26-12-5-13-27-47)48-28-14-6-15-29-48/h4-21,24-39,53H,2-3,22-23,40-44H2,1H3,(H,59,64)(H,60,62)(H,61,63). The van der Waals surface area contributed by atoms with E-state index in [1.807, 2.05) is 116 Å². The van der Waals surface area contributed by atoms with Gasteiger partial charge in [-0.2, -0.15) is 8.42 Å². The molecule has 12 heteroatoms. The van der Waals surface area contributed by atoms with Gasteiger partial charge in [-0.25, -0.2) is 0 Å². The number of benzene rings is 7. The Bertz CT molecular complexity index is 2630. The first-order valence-electron chi connectivity index (χ1n) is 23.5. The van der Waals surface area contributed by atoms with Gasteiger partial charge in [0.2, 0.25) is 17.7 Å². The van der Waals surface area contributed by atoms with Gasteiger partial charge in [-0.1, -0.05) is 213 Å². The normalized spacial score (nSPS) is 12.1. The second-order valence-corrected chi connectivity index (χ2v) is 20.8. The quantitative estimate of drug-likeness (QED) is 0.0293. The van der Waals surface area contributed by atoms with E-state index < -0.39 is 31.6 Å². The average Bonchev–Trinajstić information content (AvgIpc) is 3.40. The molecule has 70 heavy (non-hydrogen) atoms. The molecule has 0 heterocycles. The van der Waals surface area contributed by atoms with E-state index in [0.717, 1.165) is 38.9 Å². The molecule has 1 unspecified atom stereocenters. The van der Waals surface area contributed by atoms with Gasteiger partial charge in [0.15, 0.2) is 0 Å². The molecule has 3 N–H and O–H groups in total. The summed E-state index contributed by atoms with van der Waals surface area (Å²) in [6.07, 6.45) is 2.54. The van der Waals surface area contributed by atoms with Crippen molar-refractivity contribution in [2.45, 2.75) is 53.0 Å². The second-order valence-electron chi connectivity index (χ2n) is 16.9. The molecule has 1 atom stereocenters. The summed E-state index contributed by atoms with van der Waals surface area (Å²) >= 11 is 2.96. The van der Waals surface area contributed by atoms with Gasteiger partial charge < -0.3 is 16.0 Å². The summed E-state index contributed by atoms with van der Waals surface area (Å²) in [4.78, 5) is 42.5. The molecule has 0 saturated heterocycles. The number of hydrogen-bond donors (Lipinski definition) is 3. The van der Waals surface area contributed by atoms with E-state index >= 15 is 0 Å². The van der Waals surface area contributed by atoms with Crippen molar-refractivity contribution in [3.05, 3.63) is 245 Å². The number of aryl methyl sites for hydroxylation is 1. The lowest BCUT2D eigenvalue weighted by atomic mass is 9.84. The Kier molecular flexibility index (Phi) is 18.7. The van der Waals surface area contributed by atoms with Gasteiger partial charge in [0.1, 0.15) is 6.04 Å². The van der Waals surface area contributed by atoms with E-state index in [-0.39, 0.29) is 41.4 Å². The minimum atomic E-state index is -3.85. The molecule has 0 aliphatic carbocycles. The summed E-state index contributed by atoms with van der Waals surface area (Å²) in [6, 6.07) is 66.1. The van der Waals surface area contributed by atoms with Crippen LogP contribution >= 0.6 is 23.5 Å². The molecule has 0 aliphatic heterocycles. The molecule has 0 saturated carbocycles. The van der Waals surface area contributed by atoms with Crippen LogP contribution in [0.15, 0.2) is 211 Å². The Hall–Kier alpha value is -6.44. The molecular formula is C58H59N3O6S3. The number of unbranched alkanes of at least 4 members (excludes halogenated alkanes) is 3. The zero-order chi connectivity index (χ0) is 49.1. The van der Waals surface area contributed by atoms with Crippen molar-refractivity contribution in [1.29, 1.82) is 0 Å². The molecule has 3 amide bonds. The van der Waals surface area contributed by atoms with Crippen molar-refractivity contribution in [2.75, 3.05) is 31.2 Å². The third kappa shape index (κ3) is 13.2. The summed E-state index contributed by atoms with van der Waals surface area (Å²) in [5.41, 5.74) is 7.02. The molecule has 360 valence electrons. The van der Waals surface area contributed by atoms with E-state index in [0.29, 0.717) is 32.2 Å². The van der Waals surface area contributed by atoms with Gasteiger partial charge >= 0.3 is 0 Å². The van der Waals surface area contributed by atoms with Gasteiger partial charge in [-0.15, -0.1) is 23.5 Å². The number of hydrogen-bond acceptors (Lipinski definition) is 8. The maximum Gasteiger partial charge on any atom is 0.296 e. The molecule has 0 aliphatic rings. The third-order valence-corrected chi connectivity index (χ3v) is 16.4. The number of amides is 3. The summed E-state index contributed by atoms with van der Waals surface area (Å²) in [5, 5.41) is 8.95. The van der Waals surface area contributed by atoms with Crippen LogP contribution in [0, 0.1) is 6.92 Å². The van der Waals surface area contributed by atoms with E-state index in [1.165, 1.54) is 35.7 Å². The molecule has 0 radical (unpaired) electrons. The smallest absolute Gasteiger partial charge is 0.296 e. The van der Waals surface area contributed by atoms with Crippen LogP contribution in [-0.2, 0) is 38.2 Å². The second kappa shape index (κ2) is 25.4. The maximum atomic E-state index is 14.2. The SMILES string of the molecule is Cc1ccc(S(=O)(=O)OCCCCCCNC(=O)C(CNC(=O)CSC(c2ccccc2)(c2ccccc2)c2ccccc2)NC(=O)CSC(c2ccccc2)(c2ccccc2)c2ccccc2)cc1. The van der Waals surface area contributed by atoms with Crippen molar-refractivity contribution in [2.24, 2.45) is 0 Å². The summed E-state index contributed by atoms with van der Waals surface area (Å²) in [5.74, 6) is -1.02. The third-order valence-electron chi connectivity index (χ3n) is 12.0.